The molecule has 0 bridgehead atoms. The van der Waals surface area contributed by atoms with Crippen LogP contribution in [0.25, 0.3) is 0 Å². The van der Waals surface area contributed by atoms with Gasteiger partial charge < -0.3 is 10.1 Å². The average Bonchev–Trinajstić information content (AvgIpc) is 2.63. The topological polar surface area (TPSA) is 55.4 Å². The second kappa shape index (κ2) is 5.82. The quantitative estimate of drug-likeness (QED) is 0.725. The third-order valence-electron chi connectivity index (χ3n) is 2.93. The van der Waals surface area contributed by atoms with E-state index in [1.807, 2.05) is 7.05 Å². The summed E-state index contributed by atoms with van der Waals surface area (Å²) in [4.78, 5) is 0. The third kappa shape index (κ3) is 4.95. The van der Waals surface area contributed by atoms with Gasteiger partial charge in [-0.3, -0.25) is 0 Å². The van der Waals surface area contributed by atoms with Gasteiger partial charge in [0, 0.05) is 24.7 Å². The van der Waals surface area contributed by atoms with E-state index in [1.54, 1.807) is 0 Å². The largest absolute Gasteiger partial charge is 0.381 e. The molecule has 0 spiro atoms. The van der Waals surface area contributed by atoms with E-state index in [4.69, 9.17) is 4.74 Å². The number of hydrogen-bond donors (Lipinski definition) is 1. The van der Waals surface area contributed by atoms with Gasteiger partial charge in [-0.2, -0.15) is 0 Å². The Bertz CT molecular complexity index is 270. The van der Waals surface area contributed by atoms with Crippen LogP contribution in [-0.2, 0) is 14.6 Å². The van der Waals surface area contributed by atoms with Gasteiger partial charge >= 0.3 is 0 Å². The van der Waals surface area contributed by atoms with Crippen molar-refractivity contribution in [2.24, 2.45) is 5.92 Å². The first-order valence-corrected chi connectivity index (χ1v) is 7.51. The zero-order valence-electron chi connectivity index (χ0n) is 9.53. The zero-order valence-corrected chi connectivity index (χ0v) is 10.3. The molecule has 1 aliphatic heterocycles. The fourth-order valence-electron chi connectivity index (χ4n) is 2.05. The Morgan fingerprint density at radius 1 is 1.53 bits per heavy atom. The van der Waals surface area contributed by atoms with Crippen LogP contribution in [0.15, 0.2) is 0 Å². The van der Waals surface area contributed by atoms with Gasteiger partial charge in [0.1, 0.15) is 9.84 Å². The monoisotopic (exact) mass is 235 g/mol. The summed E-state index contributed by atoms with van der Waals surface area (Å²) in [5, 5.41) is 3.26. The lowest BCUT2D eigenvalue weighted by Crippen LogP contribution is -2.34. The standard InChI is InChI=1S/C10H21NO3S/c1-11-10(9-5-6-14-8-9)4-3-7-15(2,12)13/h9-11H,3-8H2,1-2H3. The maximum absolute atomic E-state index is 11.0. The van der Waals surface area contributed by atoms with Crippen LogP contribution in [0.3, 0.4) is 0 Å². The van der Waals surface area contributed by atoms with E-state index in [-0.39, 0.29) is 0 Å². The second-order valence-corrected chi connectivity index (χ2v) is 6.55. The molecule has 0 amide bonds. The maximum atomic E-state index is 11.0. The molecule has 0 aromatic rings. The third-order valence-corrected chi connectivity index (χ3v) is 3.97. The fraction of sp³-hybridized carbons (Fsp3) is 1.00. The highest BCUT2D eigenvalue weighted by molar-refractivity contribution is 7.90. The second-order valence-electron chi connectivity index (χ2n) is 4.29. The predicted molar refractivity (Wildman–Crippen MR) is 60.7 cm³/mol. The van der Waals surface area contributed by atoms with E-state index in [2.05, 4.69) is 5.32 Å². The molecule has 1 aliphatic rings. The van der Waals surface area contributed by atoms with Crippen molar-refractivity contribution in [3.8, 4) is 0 Å². The van der Waals surface area contributed by atoms with Crippen molar-refractivity contribution in [1.29, 1.82) is 0 Å². The van der Waals surface area contributed by atoms with Gasteiger partial charge in [0.05, 0.1) is 6.61 Å². The molecule has 0 saturated carbocycles. The van der Waals surface area contributed by atoms with Crippen LogP contribution >= 0.6 is 0 Å². The molecule has 1 rings (SSSR count). The molecular weight excluding hydrogens is 214 g/mol. The lowest BCUT2D eigenvalue weighted by molar-refractivity contribution is 0.176. The van der Waals surface area contributed by atoms with Crippen molar-refractivity contribution >= 4 is 9.84 Å². The normalized spacial score (nSPS) is 24.3. The molecule has 2 unspecified atom stereocenters. The highest BCUT2D eigenvalue weighted by Gasteiger charge is 2.24. The van der Waals surface area contributed by atoms with Gasteiger partial charge in [0.15, 0.2) is 0 Å². The van der Waals surface area contributed by atoms with Crippen LogP contribution in [0, 0.1) is 5.92 Å². The SMILES string of the molecule is CNC(CCCS(C)(=O)=O)C1CCOC1. The van der Waals surface area contributed by atoms with Crippen molar-refractivity contribution in [2.45, 2.75) is 25.3 Å². The van der Waals surface area contributed by atoms with Crippen LogP contribution < -0.4 is 5.32 Å². The summed E-state index contributed by atoms with van der Waals surface area (Å²) < 4.78 is 27.3. The Kier molecular flexibility index (Phi) is 5.02. The molecule has 2 atom stereocenters. The van der Waals surface area contributed by atoms with Crippen molar-refractivity contribution in [3.63, 3.8) is 0 Å². The molecule has 0 aromatic carbocycles. The van der Waals surface area contributed by atoms with Crippen LogP contribution in [0.1, 0.15) is 19.3 Å². The molecule has 90 valence electrons. The molecule has 1 fully saturated rings. The maximum Gasteiger partial charge on any atom is 0.147 e. The van der Waals surface area contributed by atoms with E-state index in [1.165, 1.54) is 6.26 Å². The van der Waals surface area contributed by atoms with Crippen molar-refractivity contribution in [3.05, 3.63) is 0 Å². The molecule has 1 N–H and O–H groups in total. The summed E-state index contributed by atoms with van der Waals surface area (Å²) in [6.07, 6.45) is 4.03. The smallest absolute Gasteiger partial charge is 0.147 e. The van der Waals surface area contributed by atoms with Gasteiger partial charge in [-0.15, -0.1) is 0 Å². The van der Waals surface area contributed by atoms with Crippen LogP contribution in [0.2, 0.25) is 0 Å². The van der Waals surface area contributed by atoms with Gasteiger partial charge in [-0.25, -0.2) is 8.42 Å². The van der Waals surface area contributed by atoms with Crippen LogP contribution in [-0.4, -0.2) is 46.7 Å². The summed E-state index contributed by atoms with van der Waals surface area (Å²) in [5.74, 6) is 0.841. The average molecular weight is 235 g/mol. The lowest BCUT2D eigenvalue weighted by Gasteiger charge is -2.21. The number of sulfone groups is 1. The van der Waals surface area contributed by atoms with Crippen molar-refractivity contribution < 1.29 is 13.2 Å². The fourth-order valence-corrected chi connectivity index (χ4v) is 2.74. The van der Waals surface area contributed by atoms with E-state index < -0.39 is 9.84 Å². The number of hydrogen-bond acceptors (Lipinski definition) is 4. The lowest BCUT2D eigenvalue weighted by atomic mass is 9.95. The van der Waals surface area contributed by atoms with Crippen molar-refractivity contribution in [2.75, 3.05) is 32.3 Å². The minimum atomic E-state index is -2.81. The predicted octanol–water partition coefficient (Wildman–Crippen LogP) is 0.436. The van der Waals surface area contributed by atoms with Crippen LogP contribution in [0.4, 0.5) is 0 Å². The Balaban J connectivity index is 2.27. The van der Waals surface area contributed by atoms with E-state index in [0.29, 0.717) is 17.7 Å². The molecule has 15 heavy (non-hydrogen) atoms. The molecule has 0 radical (unpaired) electrons. The van der Waals surface area contributed by atoms with E-state index in [0.717, 1.165) is 32.5 Å². The molecule has 4 nitrogen and oxygen atoms in total. The first-order valence-electron chi connectivity index (χ1n) is 5.45. The minimum absolute atomic E-state index is 0.290. The van der Waals surface area contributed by atoms with Gasteiger partial charge in [0.2, 0.25) is 0 Å². The summed E-state index contributed by atoms with van der Waals surface area (Å²) in [6.45, 7) is 1.65. The molecular formula is C10H21NO3S. The van der Waals surface area contributed by atoms with Gasteiger partial charge in [0.25, 0.3) is 0 Å². The van der Waals surface area contributed by atoms with Gasteiger partial charge in [-0.05, 0) is 32.2 Å². The molecule has 1 heterocycles. The van der Waals surface area contributed by atoms with Crippen molar-refractivity contribution in [1.82, 2.24) is 5.32 Å². The minimum Gasteiger partial charge on any atom is -0.381 e. The Hall–Kier alpha value is -0.130. The highest BCUT2D eigenvalue weighted by Crippen LogP contribution is 2.19. The Labute approximate surface area is 92.3 Å². The van der Waals surface area contributed by atoms with E-state index >= 15 is 0 Å². The molecule has 0 aromatic heterocycles. The highest BCUT2D eigenvalue weighted by atomic mass is 32.2. The van der Waals surface area contributed by atoms with Gasteiger partial charge in [-0.1, -0.05) is 0 Å². The molecule has 0 aliphatic carbocycles. The summed E-state index contributed by atoms with van der Waals surface area (Å²) >= 11 is 0. The number of rotatable bonds is 6. The molecule has 5 heteroatoms. The summed E-state index contributed by atoms with van der Waals surface area (Å²) in [7, 11) is -0.877. The first-order chi connectivity index (χ1) is 7.03. The first kappa shape index (κ1) is 12.9. The van der Waals surface area contributed by atoms with Crippen LogP contribution in [0.5, 0.6) is 0 Å². The van der Waals surface area contributed by atoms with E-state index in [9.17, 15) is 8.42 Å². The summed E-state index contributed by atoms with van der Waals surface area (Å²) in [6, 6.07) is 0.397. The zero-order chi connectivity index (χ0) is 11.3. The Morgan fingerprint density at radius 2 is 2.27 bits per heavy atom. The number of ether oxygens (including phenoxy) is 1. The molecule has 1 saturated heterocycles. The Morgan fingerprint density at radius 3 is 2.73 bits per heavy atom. The summed E-state index contributed by atoms with van der Waals surface area (Å²) in [5.41, 5.74) is 0. The number of nitrogens with one attached hydrogen (secondary N) is 1.